The summed E-state index contributed by atoms with van der Waals surface area (Å²) in [7, 11) is 0. The second kappa shape index (κ2) is 6.52. The smallest absolute Gasteiger partial charge is 0.352 e. The lowest BCUT2D eigenvalue weighted by Gasteiger charge is -2.25. The van der Waals surface area contributed by atoms with Gasteiger partial charge in [-0.1, -0.05) is 6.92 Å². The SMILES string of the molecule is CCc1cc(C(=O)O)n(Cc2csc(N3CCCCC3)n2)c1. The number of rotatable bonds is 5. The molecule has 118 valence electrons. The van der Waals surface area contributed by atoms with E-state index >= 15 is 0 Å². The van der Waals surface area contributed by atoms with Gasteiger partial charge in [0.1, 0.15) is 5.69 Å². The Labute approximate surface area is 134 Å². The van der Waals surface area contributed by atoms with Crippen LogP contribution in [0.5, 0.6) is 0 Å². The third-order valence-electron chi connectivity index (χ3n) is 4.08. The van der Waals surface area contributed by atoms with Gasteiger partial charge in [0.25, 0.3) is 0 Å². The van der Waals surface area contributed by atoms with Gasteiger partial charge < -0.3 is 14.6 Å². The third kappa shape index (κ3) is 3.16. The first-order valence-electron chi connectivity index (χ1n) is 7.79. The van der Waals surface area contributed by atoms with E-state index in [4.69, 9.17) is 4.98 Å². The number of nitrogens with zero attached hydrogens (tertiary/aromatic N) is 3. The topological polar surface area (TPSA) is 58.4 Å². The fraction of sp³-hybridized carbons (Fsp3) is 0.500. The van der Waals surface area contributed by atoms with Crippen molar-refractivity contribution >= 4 is 22.4 Å². The average Bonchev–Trinajstić information content (AvgIpc) is 3.15. The standard InChI is InChI=1S/C16H21N3O2S/c1-2-12-8-14(15(20)21)19(9-12)10-13-11-22-16(17-13)18-6-4-3-5-7-18/h8-9,11H,2-7,10H2,1H3,(H,20,21). The van der Waals surface area contributed by atoms with Crippen molar-refractivity contribution in [3.8, 4) is 0 Å². The minimum absolute atomic E-state index is 0.337. The highest BCUT2D eigenvalue weighted by Gasteiger charge is 2.16. The number of anilines is 1. The number of aryl methyl sites for hydroxylation is 1. The molecule has 3 heterocycles. The summed E-state index contributed by atoms with van der Waals surface area (Å²) in [6, 6.07) is 1.75. The zero-order valence-corrected chi connectivity index (χ0v) is 13.6. The molecule has 0 spiro atoms. The first-order valence-corrected chi connectivity index (χ1v) is 8.67. The van der Waals surface area contributed by atoms with Crippen LogP contribution in [0.4, 0.5) is 5.13 Å². The summed E-state index contributed by atoms with van der Waals surface area (Å²) in [5.41, 5.74) is 2.32. The number of aromatic nitrogens is 2. The van der Waals surface area contributed by atoms with Gasteiger partial charge in [-0.2, -0.15) is 0 Å². The van der Waals surface area contributed by atoms with Crippen LogP contribution in [0, 0.1) is 0 Å². The largest absolute Gasteiger partial charge is 0.477 e. The van der Waals surface area contributed by atoms with Crippen molar-refractivity contribution in [2.45, 2.75) is 39.2 Å². The molecular formula is C16H21N3O2S. The van der Waals surface area contributed by atoms with E-state index in [0.717, 1.165) is 35.9 Å². The molecule has 0 radical (unpaired) electrons. The Morgan fingerprint density at radius 3 is 2.82 bits per heavy atom. The second-order valence-electron chi connectivity index (χ2n) is 5.69. The Hall–Kier alpha value is -1.82. The molecule has 1 fully saturated rings. The molecule has 6 heteroatoms. The average molecular weight is 319 g/mol. The predicted octanol–water partition coefficient (Wildman–Crippen LogP) is 3.24. The van der Waals surface area contributed by atoms with E-state index in [1.54, 1.807) is 22.0 Å². The molecule has 0 saturated carbocycles. The molecule has 3 rings (SSSR count). The number of carboxylic acids is 1. The molecule has 5 nitrogen and oxygen atoms in total. The zero-order chi connectivity index (χ0) is 15.5. The summed E-state index contributed by atoms with van der Waals surface area (Å²) in [4.78, 5) is 18.4. The lowest BCUT2D eigenvalue weighted by atomic mass is 10.1. The summed E-state index contributed by atoms with van der Waals surface area (Å²) in [5.74, 6) is -0.883. The number of carboxylic acid groups (broad SMARTS) is 1. The highest BCUT2D eigenvalue weighted by Crippen LogP contribution is 2.25. The van der Waals surface area contributed by atoms with Crippen molar-refractivity contribution in [1.29, 1.82) is 0 Å². The molecule has 1 saturated heterocycles. The van der Waals surface area contributed by atoms with E-state index in [-0.39, 0.29) is 0 Å². The number of aromatic carboxylic acids is 1. The molecule has 0 aliphatic carbocycles. The number of hydrogen-bond acceptors (Lipinski definition) is 4. The monoisotopic (exact) mass is 319 g/mol. The van der Waals surface area contributed by atoms with Crippen molar-refractivity contribution in [2.24, 2.45) is 0 Å². The molecule has 1 aliphatic heterocycles. The molecule has 1 aliphatic rings. The van der Waals surface area contributed by atoms with Gasteiger partial charge in [-0.05, 0) is 37.3 Å². The van der Waals surface area contributed by atoms with E-state index in [9.17, 15) is 9.90 Å². The lowest BCUT2D eigenvalue weighted by molar-refractivity contribution is 0.0685. The van der Waals surface area contributed by atoms with Gasteiger partial charge in [-0.15, -0.1) is 11.3 Å². The van der Waals surface area contributed by atoms with Gasteiger partial charge in [0.2, 0.25) is 0 Å². The van der Waals surface area contributed by atoms with Crippen molar-refractivity contribution < 1.29 is 9.90 Å². The molecule has 0 bridgehead atoms. The van der Waals surface area contributed by atoms with Crippen molar-refractivity contribution in [2.75, 3.05) is 18.0 Å². The van der Waals surface area contributed by atoms with Crippen LogP contribution >= 0.6 is 11.3 Å². The fourth-order valence-corrected chi connectivity index (χ4v) is 3.72. The molecule has 1 N–H and O–H groups in total. The van der Waals surface area contributed by atoms with E-state index < -0.39 is 5.97 Å². The van der Waals surface area contributed by atoms with Gasteiger partial charge >= 0.3 is 5.97 Å². The maximum atomic E-state index is 11.3. The number of piperidine rings is 1. The quantitative estimate of drug-likeness (QED) is 0.919. The first kappa shape index (κ1) is 15.1. The molecule has 0 atom stereocenters. The molecule has 0 aromatic carbocycles. The number of carbonyl (C=O) groups is 1. The fourth-order valence-electron chi connectivity index (χ4n) is 2.85. The lowest BCUT2D eigenvalue weighted by Crippen LogP contribution is -2.29. The van der Waals surface area contributed by atoms with E-state index in [1.807, 2.05) is 18.5 Å². The van der Waals surface area contributed by atoms with E-state index in [1.165, 1.54) is 19.3 Å². The van der Waals surface area contributed by atoms with Gasteiger partial charge in [0, 0.05) is 24.7 Å². The highest BCUT2D eigenvalue weighted by atomic mass is 32.1. The normalized spacial score (nSPS) is 15.2. The molecule has 2 aromatic rings. The van der Waals surface area contributed by atoms with Crippen molar-refractivity contribution in [3.63, 3.8) is 0 Å². The van der Waals surface area contributed by atoms with Crippen LogP contribution in [0.25, 0.3) is 0 Å². The number of thiazole rings is 1. The Morgan fingerprint density at radius 1 is 1.36 bits per heavy atom. The Morgan fingerprint density at radius 2 is 2.14 bits per heavy atom. The van der Waals surface area contributed by atoms with Crippen LogP contribution in [0.15, 0.2) is 17.6 Å². The Kier molecular flexibility index (Phi) is 4.47. The Balaban J connectivity index is 1.77. The first-order chi connectivity index (χ1) is 10.7. The molecule has 0 amide bonds. The van der Waals surface area contributed by atoms with Gasteiger partial charge in [0.05, 0.1) is 12.2 Å². The van der Waals surface area contributed by atoms with Crippen molar-refractivity contribution in [3.05, 3.63) is 34.6 Å². The maximum absolute atomic E-state index is 11.3. The summed E-state index contributed by atoms with van der Waals surface area (Å²) in [5, 5.41) is 12.4. The number of hydrogen-bond donors (Lipinski definition) is 1. The Bertz CT molecular complexity index is 656. The predicted molar refractivity (Wildman–Crippen MR) is 88.0 cm³/mol. The second-order valence-corrected chi connectivity index (χ2v) is 6.53. The van der Waals surface area contributed by atoms with Crippen LogP contribution in [-0.4, -0.2) is 33.7 Å². The van der Waals surface area contributed by atoms with Gasteiger partial charge in [-0.25, -0.2) is 9.78 Å². The molecule has 0 unspecified atom stereocenters. The summed E-state index contributed by atoms with van der Waals surface area (Å²) >= 11 is 1.66. The van der Waals surface area contributed by atoms with Crippen LogP contribution < -0.4 is 4.90 Å². The minimum atomic E-state index is -0.883. The summed E-state index contributed by atoms with van der Waals surface area (Å²) in [6.45, 7) is 4.71. The van der Waals surface area contributed by atoms with E-state index in [0.29, 0.717) is 12.2 Å². The van der Waals surface area contributed by atoms with Crippen LogP contribution in [0.1, 0.15) is 47.9 Å². The van der Waals surface area contributed by atoms with Crippen molar-refractivity contribution in [1.82, 2.24) is 9.55 Å². The third-order valence-corrected chi connectivity index (χ3v) is 5.03. The van der Waals surface area contributed by atoms with Crippen LogP contribution in [0.3, 0.4) is 0 Å². The summed E-state index contributed by atoms with van der Waals surface area (Å²) in [6.07, 6.45) is 6.53. The molecule has 2 aromatic heterocycles. The molecular weight excluding hydrogens is 298 g/mol. The maximum Gasteiger partial charge on any atom is 0.352 e. The minimum Gasteiger partial charge on any atom is -0.477 e. The molecule has 22 heavy (non-hydrogen) atoms. The van der Waals surface area contributed by atoms with Crippen LogP contribution in [-0.2, 0) is 13.0 Å². The zero-order valence-electron chi connectivity index (χ0n) is 12.8. The van der Waals surface area contributed by atoms with Gasteiger partial charge in [-0.3, -0.25) is 0 Å². The van der Waals surface area contributed by atoms with Crippen LogP contribution in [0.2, 0.25) is 0 Å². The van der Waals surface area contributed by atoms with E-state index in [2.05, 4.69) is 4.90 Å². The summed E-state index contributed by atoms with van der Waals surface area (Å²) < 4.78 is 1.79. The van der Waals surface area contributed by atoms with Gasteiger partial charge in [0.15, 0.2) is 5.13 Å². The highest BCUT2D eigenvalue weighted by molar-refractivity contribution is 7.13.